The van der Waals surface area contributed by atoms with E-state index in [0.717, 1.165) is 6.07 Å². The van der Waals surface area contributed by atoms with Crippen molar-refractivity contribution in [2.24, 2.45) is 0 Å². The van der Waals surface area contributed by atoms with Crippen molar-refractivity contribution < 1.29 is 22.4 Å². The summed E-state index contributed by atoms with van der Waals surface area (Å²) in [5.41, 5.74) is 0.0435. The number of benzene rings is 1. The quantitative estimate of drug-likeness (QED) is 0.754. The van der Waals surface area contributed by atoms with Gasteiger partial charge >= 0.3 is 6.18 Å². The van der Waals surface area contributed by atoms with Gasteiger partial charge < -0.3 is 0 Å². The zero-order valence-corrected chi connectivity index (χ0v) is 8.70. The summed E-state index contributed by atoms with van der Waals surface area (Å²) in [5.74, 6) is -2.57. The molecular weight excluding hydrogens is 248 g/mol. The van der Waals surface area contributed by atoms with Crippen molar-refractivity contribution in [2.75, 3.05) is 0 Å². The van der Waals surface area contributed by atoms with Crippen molar-refractivity contribution in [1.29, 1.82) is 0 Å². The lowest BCUT2D eigenvalue weighted by molar-refractivity contribution is -0.171. The third-order valence-electron chi connectivity index (χ3n) is 1.95. The number of alkyl halides is 3. The van der Waals surface area contributed by atoms with E-state index in [2.05, 4.69) is 0 Å². The zero-order valence-electron chi connectivity index (χ0n) is 7.94. The molecule has 0 atom stereocenters. The van der Waals surface area contributed by atoms with Crippen molar-refractivity contribution in [3.8, 4) is 0 Å². The van der Waals surface area contributed by atoms with Crippen molar-refractivity contribution in [3.05, 3.63) is 34.6 Å². The Balaban J connectivity index is 2.65. The fourth-order valence-corrected chi connectivity index (χ4v) is 1.27. The first kappa shape index (κ1) is 13.0. The van der Waals surface area contributed by atoms with Crippen LogP contribution in [0.25, 0.3) is 0 Å². The molecule has 0 saturated carbocycles. The Morgan fingerprint density at radius 1 is 1.31 bits per heavy atom. The Morgan fingerprint density at radius 2 is 1.94 bits per heavy atom. The molecule has 1 rings (SSSR count). The van der Waals surface area contributed by atoms with Crippen LogP contribution in [0, 0.1) is 5.82 Å². The van der Waals surface area contributed by atoms with Crippen molar-refractivity contribution in [2.45, 2.75) is 19.0 Å². The molecule has 0 aromatic heterocycles. The molecule has 0 heterocycles. The number of Topliss-reactive ketones (excluding diaryl/α,β-unsaturated/α-hetero) is 1. The molecule has 0 unspecified atom stereocenters. The number of carbonyl (C=O) groups is 1. The lowest BCUT2D eigenvalue weighted by atomic mass is 10.1. The number of hydrogen-bond donors (Lipinski definition) is 0. The summed E-state index contributed by atoms with van der Waals surface area (Å²) in [6.07, 6.45) is -5.91. The van der Waals surface area contributed by atoms with E-state index < -0.39 is 24.2 Å². The van der Waals surface area contributed by atoms with E-state index in [4.69, 9.17) is 11.6 Å². The molecule has 0 radical (unpaired) electrons. The summed E-state index contributed by atoms with van der Waals surface area (Å²) in [6.45, 7) is 0. The normalized spacial score (nSPS) is 11.6. The molecule has 0 aliphatic heterocycles. The van der Waals surface area contributed by atoms with Crippen molar-refractivity contribution in [3.63, 3.8) is 0 Å². The van der Waals surface area contributed by atoms with Crippen molar-refractivity contribution in [1.82, 2.24) is 0 Å². The minimum Gasteiger partial charge on any atom is -0.290 e. The maximum atomic E-state index is 13.1. The molecule has 88 valence electrons. The van der Waals surface area contributed by atoms with Crippen LogP contribution >= 0.6 is 11.6 Å². The van der Waals surface area contributed by atoms with Crippen LogP contribution in [0.3, 0.4) is 0 Å². The minimum absolute atomic E-state index is 0.0435. The van der Waals surface area contributed by atoms with E-state index in [1.165, 1.54) is 12.1 Å². The van der Waals surface area contributed by atoms with Gasteiger partial charge in [-0.1, -0.05) is 17.7 Å². The smallest absolute Gasteiger partial charge is 0.290 e. The highest BCUT2D eigenvalue weighted by Crippen LogP contribution is 2.21. The lowest BCUT2D eigenvalue weighted by Gasteiger charge is -2.05. The molecule has 0 amide bonds. The Hall–Kier alpha value is -1.10. The molecule has 6 heteroatoms. The average molecular weight is 255 g/mol. The van der Waals surface area contributed by atoms with Gasteiger partial charge in [0.05, 0.1) is 0 Å². The van der Waals surface area contributed by atoms with E-state index in [1.807, 2.05) is 0 Å². The SMILES string of the molecule is O=C(CCc1ccc(Cl)cc1F)C(F)(F)F. The molecule has 16 heavy (non-hydrogen) atoms. The third kappa shape index (κ3) is 3.48. The molecular formula is C10H7ClF4O. The average Bonchev–Trinajstić information content (AvgIpc) is 2.14. The van der Waals surface area contributed by atoms with E-state index in [1.54, 1.807) is 0 Å². The minimum atomic E-state index is -4.86. The topological polar surface area (TPSA) is 17.1 Å². The summed E-state index contributed by atoms with van der Waals surface area (Å²) in [4.78, 5) is 10.5. The molecule has 1 nitrogen and oxygen atoms in total. The van der Waals surface area contributed by atoms with Gasteiger partial charge in [-0.05, 0) is 24.1 Å². The molecule has 0 spiro atoms. The summed E-state index contributed by atoms with van der Waals surface area (Å²) in [6, 6.07) is 3.62. The Kier molecular flexibility index (Phi) is 3.91. The fraction of sp³-hybridized carbons (Fsp3) is 0.300. The van der Waals surface area contributed by atoms with Gasteiger partial charge in [-0.2, -0.15) is 13.2 Å². The zero-order chi connectivity index (χ0) is 12.3. The Morgan fingerprint density at radius 3 is 2.44 bits per heavy atom. The van der Waals surface area contributed by atoms with Gasteiger partial charge in [0.15, 0.2) is 0 Å². The monoisotopic (exact) mass is 254 g/mol. The molecule has 0 aliphatic rings. The summed E-state index contributed by atoms with van der Waals surface area (Å²) < 4.78 is 48.7. The summed E-state index contributed by atoms with van der Waals surface area (Å²) in [5, 5.41) is 0.156. The first-order valence-electron chi connectivity index (χ1n) is 4.34. The second-order valence-electron chi connectivity index (χ2n) is 3.16. The maximum Gasteiger partial charge on any atom is 0.449 e. The number of ketones is 1. The number of aryl methyl sites for hydroxylation is 1. The van der Waals surface area contributed by atoms with E-state index in [-0.39, 0.29) is 17.0 Å². The standard InChI is InChI=1S/C10H7ClF4O/c11-7-3-1-6(8(12)5-7)2-4-9(16)10(13,14)15/h1,3,5H,2,4H2. The number of rotatable bonds is 3. The summed E-state index contributed by atoms with van der Waals surface area (Å²) >= 11 is 5.47. The molecule has 0 saturated heterocycles. The third-order valence-corrected chi connectivity index (χ3v) is 2.19. The van der Waals surface area contributed by atoms with Crippen LogP contribution in [0.15, 0.2) is 18.2 Å². The van der Waals surface area contributed by atoms with Gasteiger partial charge in [-0.15, -0.1) is 0 Å². The van der Waals surface area contributed by atoms with Crippen LogP contribution in [-0.4, -0.2) is 12.0 Å². The highest BCUT2D eigenvalue weighted by molar-refractivity contribution is 6.30. The molecule has 0 bridgehead atoms. The number of hydrogen-bond acceptors (Lipinski definition) is 1. The second kappa shape index (κ2) is 4.82. The predicted octanol–water partition coefficient (Wildman–Crippen LogP) is 3.54. The van der Waals surface area contributed by atoms with Crippen LogP contribution in [-0.2, 0) is 11.2 Å². The lowest BCUT2D eigenvalue weighted by Crippen LogP contribution is -2.23. The first-order valence-corrected chi connectivity index (χ1v) is 4.72. The largest absolute Gasteiger partial charge is 0.449 e. The Bertz CT molecular complexity index is 400. The van der Waals surface area contributed by atoms with Gasteiger partial charge in [0.25, 0.3) is 0 Å². The highest BCUT2D eigenvalue weighted by atomic mass is 35.5. The van der Waals surface area contributed by atoms with Gasteiger partial charge in [0.1, 0.15) is 5.82 Å². The van der Waals surface area contributed by atoms with Crippen LogP contribution in [0.4, 0.5) is 17.6 Å². The fourth-order valence-electron chi connectivity index (χ4n) is 1.11. The van der Waals surface area contributed by atoms with Crippen LogP contribution in [0.2, 0.25) is 5.02 Å². The van der Waals surface area contributed by atoms with Crippen LogP contribution < -0.4 is 0 Å². The van der Waals surface area contributed by atoms with Gasteiger partial charge in [0.2, 0.25) is 5.78 Å². The number of carbonyl (C=O) groups excluding carboxylic acids is 1. The first-order chi connectivity index (χ1) is 7.30. The molecule has 0 fully saturated rings. The van der Waals surface area contributed by atoms with Crippen LogP contribution in [0.1, 0.15) is 12.0 Å². The van der Waals surface area contributed by atoms with Crippen molar-refractivity contribution >= 4 is 17.4 Å². The van der Waals surface area contributed by atoms with E-state index >= 15 is 0 Å². The second-order valence-corrected chi connectivity index (χ2v) is 3.59. The van der Waals surface area contributed by atoms with E-state index in [9.17, 15) is 22.4 Å². The predicted molar refractivity (Wildman–Crippen MR) is 50.8 cm³/mol. The van der Waals surface area contributed by atoms with Gasteiger partial charge in [0, 0.05) is 11.4 Å². The summed E-state index contributed by atoms with van der Waals surface area (Å²) in [7, 11) is 0. The molecule has 0 aliphatic carbocycles. The van der Waals surface area contributed by atoms with Crippen LogP contribution in [0.5, 0.6) is 0 Å². The van der Waals surface area contributed by atoms with Gasteiger partial charge in [-0.25, -0.2) is 4.39 Å². The highest BCUT2D eigenvalue weighted by Gasteiger charge is 2.37. The number of halogens is 5. The molecule has 1 aromatic carbocycles. The molecule has 1 aromatic rings. The van der Waals surface area contributed by atoms with E-state index in [0.29, 0.717) is 0 Å². The Labute approximate surface area is 94.0 Å². The van der Waals surface area contributed by atoms with Gasteiger partial charge in [-0.3, -0.25) is 4.79 Å². The maximum absolute atomic E-state index is 13.1. The molecule has 0 N–H and O–H groups in total.